The van der Waals surface area contributed by atoms with E-state index in [4.69, 9.17) is 10.3 Å². The molecule has 1 atom stereocenters. The van der Waals surface area contributed by atoms with Gasteiger partial charge in [-0.2, -0.15) is 0 Å². The van der Waals surface area contributed by atoms with Crippen molar-refractivity contribution in [3.8, 4) is 11.3 Å². The molecule has 1 unspecified atom stereocenters. The number of hydrogen-bond donors (Lipinski definition) is 6. The molecule has 1 aliphatic rings. The highest BCUT2D eigenvalue weighted by Gasteiger charge is 2.24. The average Bonchev–Trinajstić information content (AvgIpc) is 3.87. The van der Waals surface area contributed by atoms with Crippen LogP contribution >= 0.6 is 22.7 Å². The molecule has 0 radical (unpaired) electrons. The molecule has 0 bridgehead atoms. The standard InChI is InChI=1S/C31H44N14O10S4/c1-20(45-28(34-2)56-31(39-45)59(33,54)55)35-24(46)16-40-7-11-42(18-26(48)49)13-9-41(10-14-43(12-8-40)19-27(50)51)17-25(47)36-22-5-3-21(4-6-22)23-15-44-29(37-23)57-30(38-44)58(32,52)53/h3-6,15,20H,7-14,16-19H2,1-2H3,(H,35,46)(H,36,47)(H,48,49)(H,50,51)(H2,32,52,53)(H2,33,54,55)/b34-28+. The number of anilines is 1. The smallest absolute Gasteiger partial charge is 0.317 e. The van der Waals surface area contributed by atoms with E-state index >= 15 is 0 Å². The number of imidazole rings is 1. The number of primary sulfonamides is 2. The highest BCUT2D eigenvalue weighted by atomic mass is 32.3. The Bertz CT molecular complexity index is 2380. The van der Waals surface area contributed by atoms with Crippen molar-refractivity contribution in [1.82, 2.24) is 49.3 Å². The summed E-state index contributed by atoms with van der Waals surface area (Å²) in [4.78, 5) is 66.1. The Labute approximate surface area is 345 Å². The molecule has 0 spiro atoms. The van der Waals surface area contributed by atoms with Crippen LogP contribution in [0.5, 0.6) is 0 Å². The molecule has 5 rings (SSSR count). The summed E-state index contributed by atoms with van der Waals surface area (Å²) >= 11 is 1.57. The third-order valence-electron chi connectivity index (χ3n) is 8.85. The number of carboxylic acids is 2. The molecule has 1 aliphatic heterocycles. The third kappa shape index (κ3) is 13.1. The molecule has 1 fully saturated rings. The normalized spacial score (nSPS) is 17.0. The van der Waals surface area contributed by atoms with Gasteiger partial charge in [-0.15, -0.1) is 10.2 Å². The second kappa shape index (κ2) is 19.5. The number of carboxylic acid groups (broad SMARTS) is 2. The molecule has 0 aliphatic carbocycles. The molecule has 24 nitrogen and oxygen atoms in total. The van der Waals surface area contributed by atoms with Crippen molar-refractivity contribution >= 4 is 77.1 Å². The lowest BCUT2D eigenvalue weighted by Crippen LogP contribution is -2.50. The summed E-state index contributed by atoms with van der Waals surface area (Å²) in [6.45, 7) is 2.74. The average molecular weight is 901 g/mol. The van der Waals surface area contributed by atoms with Crippen LogP contribution in [0, 0.1) is 0 Å². The van der Waals surface area contributed by atoms with Crippen LogP contribution in [0.15, 0.2) is 44.1 Å². The van der Waals surface area contributed by atoms with Gasteiger partial charge in [-0.25, -0.2) is 41.3 Å². The van der Waals surface area contributed by atoms with Crippen molar-refractivity contribution in [3.63, 3.8) is 0 Å². The van der Waals surface area contributed by atoms with Gasteiger partial charge in [0.1, 0.15) is 6.17 Å². The van der Waals surface area contributed by atoms with E-state index in [-0.39, 0.29) is 97.9 Å². The van der Waals surface area contributed by atoms with Gasteiger partial charge >= 0.3 is 11.9 Å². The number of aliphatic carboxylic acids is 2. The zero-order chi connectivity index (χ0) is 43.1. The zero-order valence-corrected chi connectivity index (χ0v) is 35.1. The molecule has 3 aromatic heterocycles. The Morgan fingerprint density at radius 3 is 1.69 bits per heavy atom. The van der Waals surface area contributed by atoms with Gasteiger partial charge in [0.15, 0.2) is 0 Å². The molecule has 2 amide bonds. The molecule has 322 valence electrons. The molecule has 4 aromatic rings. The third-order valence-corrected chi connectivity index (χ3v) is 13.4. The van der Waals surface area contributed by atoms with Gasteiger partial charge < -0.3 is 20.8 Å². The second-order valence-corrected chi connectivity index (χ2v) is 18.8. The number of nitrogens with one attached hydrogen (secondary N) is 2. The predicted octanol–water partition coefficient (Wildman–Crippen LogP) is -2.79. The van der Waals surface area contributed by atoms with Gasteiger partial charge in [0.05, 0.1) is 38.1 Å². The fourth-order valence-corrected chi connectivity index (χ4v) is 9.06. The molecule has 8 N–H and O–H groups in total. The predicted molar refractivity (Wildman–Crippen MR) is 213 cm³/mol. The largest absolute Gasteiger partial charge is 0.480 e. The van der Waals surface area contributed by atoms with E-state index in [1.807, 2.05) is 4.90 Å². The molecule has 1 saturated heterocycles. The molecule has 59 heavy (non-hydrogen) atoms. The maximum atomic E-state index is 13.3. The molecular weight excluding hydrogens is 857 g/mol. The minimum Gasteiger partial charge on any atom is -0.480 e. The Hall–Kier alpha value is -4.78. The van der Waals surface area contributed by atoms with Gasteiger partial charge in [0.25, 0.3) is 20.0 Å². The number of hydrogen-bond acceptors (Lipinski definition) is 18. The molecule has 0 saturated carbocycles. The SMILES string of the molecule is C/N=c1/sc(S(N)(=O)=O)nn1C(C)NC(=O)CN1CCN(CC(=O)O)CCN(CC(=O)Nc2ccc(-c3cn4nc(S(N)(=O)=O)sc4n3)cc2)CCN(CC(=O)O)CC1. The van der Waals surface area contributed by atoms with Crippen LogP contribution in [0.1, 0.15) is 13.1 Å². The number of rotatable bonds is 14. The summed E-state index contributed by atoms with van der Waals surface area (Å²) < 4.78 is 48.8. The van der Waals surface area contributed by atoms with E-state index in [9.17, 15) is 46.2 Å². The van der Waals surface area contributed by atoms with Crippen LogP contribution in [0.4, 0.5) is 5.69 Å². The first-order chi connectivity index (χ1) is 27.8. The van der Waals surface area contributed by atoms with Crippen LogP contribution in [-0.4, -0.2) is 180 Å². The first-order valence-electron chi connectivity index (χ1n) is 17.7. The Morgan fingerprint density at radius 2 is 1.24 bits per heavy atom. The van der Waals surface area contributed by atoms with Crippen LogP contribution < -0.4 is 25.7 Å². The number of carbonyl (C=O) groups excluding carboxylic acids is 2. The van der Waals surface area contributed by atoms with Crippen molar-refractivity contribution in [2.75, 3.05) is 90.9 Å². The number of aromatic nitrogens is 5. The Kier molecular flexibility index (Phi) is 15.0. The van der Waals surface area contributed by atoms with E-state index < -0.39 is 44.1 Å². The lowest BCUT2D eigenvalue weighted by molar-refractivity contribution is -0.139. The second-order valence-electron chi connectivity index (χ2n) is 13.4. The Balaban J connectivity index is 1.22. The Morgan fingerprint density at radius 1 is 0.763 bits per heavy atom. The highest BCUT2D eigenvalue weighted by molar-refractivity contribution is 7.91. The van der Waals surface area contributed by atoms with Gasteiger partial charge in [-0.3, -0.25) is 43.8 Å². The van der Waals surface area contributed by atoms with Crippen molar-refractivity contribution in [1.29, 1.82) is 0 Å². The first kappa shape index (κ1) is 45.3. The maximum Gasteiger partial charge on any atom is 0.317 e. The summed E-state index contributed by atoms with van der Waals surface area (Å²) in [5.41, 5.74) is 1.70. The van der Waals surface area contributed by atoms with Crippen molar-refractivity contribution < 1.29 is 46.2 Å². The monoisotopic (exact) mass is 900 g/mol. The minimum absolute atomic E-state index is 0.0772. The number of fused-ring (bicyclic) bond motifs is 1. The number of nitrogens with zero attached hydrogens (tertiary/aromatic N) is 10. The fraction of sp³-hybridized carbons (Fsp3) is 0.484. The molecule has 28 heteroatoms. The number of amides is 2. The highest BCUT2D eigenvalue weighted by Crippen LogP contribution is 2.25. The number of carbonyl (C=O) groups is 4. The summed E-state index contributed by atoms with van der Waals surface area (Å²) in [6.07, 6.45) is 0.742. The molecular formula is C31H44N14O10S4. The van der Waals surface area contributed by atoms with Gasteiger partial charge in [0, 0.05) is 70.7 Å². The number of nitrogens with two attached hydrogens (primary N) is 2. The molecule has 4 heterocycles. The van der Waals surface area contributed by atoms with Gasteiger partial charge in [0.2, 0.25) is 30.3 Å². The van der Waals surface area contributed by atoms with E-state index in [1.165, 1.54) is 16.2 Å². The van der Waals surface area contributed by atoms with Crippen molar-refractivity contribution in [2.24, 2.45) is 15.3 Å². The quantitative estimate of drug-likeness (QED) is 0.0745. The van der Waals surface area contributed by atoms with E-state index in [0.717, 1.165) is 22.7 Å². The maximum absolute atomic E-state index is 13.3. The fourth-order valence-electron chi connectivity index (χ4n) is 5.99. The van der Waals surface area contributed by atoms with Crippen LogP contribution in [0.2, 0.25) is 0 Å². The first-order valence-corrected chi connectivity index (χ1v) is 22.5. The summed E-state index contributed by atoms with van der Waals surface area (Å²) in [5.74, 6) is -2.94. The van der Waals surface area contributed by atoms with E-state index in [2.05, 4.69) is 30.8 Å². The van der Waals surface area contributed by atoms with E-state index in [1.54, 1.807) is 52.1 Å². The number of benzene rings is 1. The lowest BCUT2D eigenvalue weighted by atomic mass is 10.1. The summed E-state index contributed by atoms with van der Waals surface area (Å²) in [7, 11) is -6.64. The molecule has 1 aromatic carbocycles. The minimum atomic E-state index is -4.11. The van der Waals surface area contributed by atoms with Crippen LogP contribution in [0.25, 0.3) is 16.2 Å². The van der Waals surface area contributed by atoms with E-state index in [0.29, 0.717) is 21.9 Å². The van der Waals surface area contributed by atoms with Crippen molar-refractivity contribution in [3.05, 3.63) is 35.3 Å². The summed E-state index contributed by atoms with van der Waals surface area (Å²) in [6, 6.07) is 6.81. The van der Waals surface area contributed by atoms with Crippen LogP contribution in [0.3, 0.4) is 0 Å². The van der Waals surface area contributed by atoms with Gasteiger partial charge in [-0.05, 0) is 19.1 Å². The zero-order valence-electron chi connectivity index (χ0n) is 31.9. The number of sulfonamides is 2. The lowest BCUT2D eigenvalue weighted by Gasteiger charge is -2.33. The summed E-state index contributed by atoms with van der Waals surface area (Å²) in [5, 5.41) is 43.3. The van der Waals surface area contributed by atoms with Gasteiger partial charge in [-0.1, -0.05) is 34.8 Å². The topological polar surface area (TPSA) is 326 Å². The van der Waals surface area contributed by atoms with Crippen LogP contribution in [-0.2, 0) is 39.2 Å². The van der Waals surface area contributed by atoms with Crippen molar-refractivity contribution in [2.45, 2.75) is 21.8 Å².